The number of pyridine rings is 1. The first-order valence-electron chi connectivity index (χ1n) is 7.23. The SMILES string of the molecule is CCCNC(=S)N1CCN(c2ccc(C(F)(F)F)cn2)CC1. The smallest absolute Gasteiger partial charge is 0.363 e. The molecule has 4 nitrogen and oxygen atoms in total. The third-order valence-corrected chi connectivity index (χ3v) is 3.89. The monoisotopic (exact) mass is 332 g/mol. The van der Waals surface area contributed by atoms with Crippen LogP contribution in [0.2, 0.25) is 0 Å². The van der Waals surface area contributed by atoms with Crippen molar-refractivity contribution < 1.29 is 13.2 Å². The average molecular weight is 332 g/mol. The molecule has 1 aromatic rings. The van der Waals surface area contributed by atoms with Gasteiger partial charge in [-0.1, -0.05) is 6.92 Å². The Kier molecular flexibility index (Phi) is 5.44. The van der Waals surface area contributed by atoms with E-state index < -0.39 is 11.7 Å². The maximum Gasteiger partial charge on any atom is 0.417 e. The predicted molar refractivity (Wildman–Crippen MR) is 83.9 cm³/mol. The molecule has 0 unspecified atom stereocenters. The van der Waals surface area contributed by atoms with Crippen LogP contribution in [0.1, 0.15) is 18.9 Å². The standard InChI is InChI=1S/C14H19F3N4S/c1-2-5-18-13(22)21-8-6-20(7-9-21)12-4-3-11(10-19-12)14(15,16)17/h3-4,10H,2,5-9H2,1H3,(H,18,22). The molecular formula is C14H19F3N4S. The molecule has 122 valence electrons. The van der Waals surface area contributed by atoms with Crippen molar-refractivity contribution in [2.75, 3.05) is 37.6 Å². The minimum absolute atomic E-state index is 0.570. The van der Waals surface area contributed by atoms with Gasteiger partial charge in [-0.15, -0.1) is 0 Å². The molecule has 1 aliphatic rings. The van der Waals surface area contributed by atoms with Crippen molar-refractivity contribution in [2.45, 2.75) is 19.5 Å². The summed E-state index contributed by atoms with van der Waals surface area (Å²) in [6, 6.07) is 2.49. The number of nitrogens with one attached hydrogen (secondary N) is 1. The maximum atomic E-state index is 12.5. The Labute approximate surface area is 133 Å². The first-order valence-corrected chi connectivity index (χ1v) is 7.63. The van der Waals surface area contributed by atoms with E-state index in [1.807, 2.05) is 4.90 Å². The van der Waals surface area contributed by atoms with Gasteiger partial charge in [-0.25, -0.2) is 4.98 Å². The van der Waals surface area contributed by atoms with Gasteiger partial charge in [0.05, 0.1) is 5.56 Å². The second-order valence-electron chi connectivity index (χ2n) is 5.11. The van der Waals surface area contributed by atoms with E-state index in [9.17, 15) is 13.2 Å². The van der Waals surface area contributed by atoms with Crippen LogP contribution < -0.4 is 10.2 Å². The molecule has 0 bridgehead atoms. The Morgan fingerprint density at radius 2 is 1.95 bits per heavy atom. The molecule has 1 saturated heterocycles. The van der Waals surface area contributed by atoms with E-state index in [0.717, 1.165) is 43.4 Å². The molecule has 0 saturated carbocycles. The number of thiocarbonyl (C=S) groups is 1. The molecule has 22 heavy (non-hydrogen) atoms. The number of piperazine rings is 1. The lowest BCUT2D eigenvalue weighted by Crippen LogP contribution is -2.52. The quantitative estimate of drug-likeness (QED) is 0.860. The van der Waals surface area contributed by atoms with E-state index >= 15 is 0 Å². The third kappa shape index (κ3) is 4.22. The van der Waals surface area contributed by atoms with E-state index in [0.29, 0.717) is 18.9 Å². The van der Waals surface area contributed by atoms with Crippen molar-refractivity contribution in [2.24, 2.45) is 0 Å². The molecule has 2 rings (SSSR count). The lowest BCUT2D eigenvalue weighted by molar-refractivity contribution is -0.137. The van der Waals surface area contributed by atoms with Crippen LogP contribution in [0.5, 0.6) is 0 Å². The van der Waals surface area contributed by atoms with Crippen LogP contribution in [-0.4, -0.2) is 47.7 Å². The molecule has 0 amide bonds. The highest BCUT2D eigenvalue weighted by atomic mass is 32.1. The van der Waals surface area contributed by atoms with Gasteiger partial charge in [0.15, 0.2) is 5.11 Å². The molecule has 2 heterocycles. The lowest BCUT2D eigenvalue weighted by atomic mass is 10.2. The van der Waals surface area contributed by atoms with E-state index in [1.54, 1.807) is 0 Å². The van der Waals surface area contributed by atoms with Crippen LogP contribution >= 0.6 is 12.2 Å². The average Bonchev–Trinajstić information content (AvgIpc) is 2.52. The van der Waals surface area contributed by atoms with E-state index in [1.165, 1.54) is 6.07 Å². The van der Waals surface area contributed by atoms with Gasteiger partial charge in [-0.2, -0.15) is 13.2 Å². The summed E-state index contributed by atoms with van der Waals surface area (Å²) >= 11 is 5.31. The maximum absolute atomic E-state index is 12.5. The number of hydrogen-bond acceptors (Lipinski definition) is 3. The number of hydrogen-bond donors (Lipinski definition) is 1. The summed E-state index contributed by atoms with van der Waals surface area (Å²) in [4.78, 5) is 7.97. The fourth-order valence-electron chi connectivity index (χ4n) is 2.22. The van der Waals surface area contributed by atoms with Crippen LogP contribution in [0.4, 0.5) is 19.0 Å². The number of rotatable bonds is 3. The van der Waals surface area contributed by atoms with Crippen LogP contribution in [0.25, 0.3) is 0 Å². The van der Waals surface area contributed by atoms with Gasteiger partial charge >= 0.3 is 6.18 Å². The Bertz CT molecular complexity index is 496. The van der Waals surface area contributed by atoms with Crippen molar-refractivity contribution in [3.05, 3.63) is 23.9 Å². The van der Waals surface area contributed by atoms with Crippen LogP contribution in [-0.2, 0) is 6.18 Å². The third-order valence-electron chi connectivity index (χ3n) is 3.49. The molecule has 0 radical (unpaired) electrons. The largest absolute Gasteiger partial charge is 0.417 e. The Balaban J connectivity index is 1.90. The van der Waals surface area contributed by atoms with Gasteiger partial charge in [0.25, 0.3) is 0 Å². The Morgan fingerprint density at radius 3 is 2.45 bits per heavy atom. The van der Waals surface area contributed by atoms with E-state index in [4.69, 9.17) is 12.2 Å². The zero-order valence-electron chi connectivity index (χ0n) is 12.4. The molecule has 0 spiro atoms. The van der Waals surface area contributed by atoms with Gasteiger partial charge in [0, 0.05) is 38.9 Å². The predicted octanol–water partition coefficient (Wildman–Crippen LogP) is 2.51. The number of aromatic nitrogens is 1. The van der Waals surface area contributed by atoms with Crippen molar-refractivity contribution in [1.29, 1.82) is 0 Å². The topological polar surface area (TPSA) is 31.4 Å². The Hall–Kier alpha value is -1.57. The zero-order chi connectivity index (χ0) is 16.2. The van der Waals surface area contributed by atoms with Gasteiger partial charge in [0.2, 0.25) is 0 Å². The first-order chi connectivity index (χ1) is 10.4. The van der Waals surface area contributed by atoms with E-state index in [-0.39, 0.29) is 0 Å². The molecule has 1 N–H and O–H groups in total. The van der Waals surface area contributed by atoms with Crippen molar-refractivity contribution in [3.63, 3.8) is 0 Å². The summed E-state index contributed by atoms with van der Waals surface area (Å²) in [6.07, 6.45) is -2.45. The van der Waals surface area contributed by atoms with Gasteiger partial charge in [-0.3, -0.25) is 0 Å². The van der Waals surface area contributed by atoms with Crippen molar-refractivity contribution in [3.8, 4) is 0 Å². The summed E-state index contributed by atoms with van der Waals surface area (Å²) < 4.78 is 37.6. The summed E-state index contributed by atoms with van der Waals surface area (Å²) in [5.74, 6) is 0.570. The fraction of sp³-hybridized carbons (Fsp3) is 0.571. The van der Waals surface area contributed by atoms with Crippen LogP contribution in [0.15, 0.2) is 18.3 Å². The van der Waals surface area contributed by atoms with Crippen LogP contribution in [0.3, 0.4) is 0 Å². The highest BCUT2D eigenvalue weighted by Gasteiger charge is 2.31. The highest BCUT2D eigenvalue weighted by Crippen LogP contribution is 2.29. The second kappa shape index (κ2) is 7.13. The van der Waals surface area contributed by atoms with Crippen LogP contribution in [0, 0.1) is 0 Å². The second-order valence-corrected chi connectivity index (χ2v) is 5.50. The number of nitrogens with zero attached hydrogens (tertiary/aromatic N) is 3. The normalized spacial score (nSPS) is 15.8. The first kappa shape index (κ1) is 16.8. The summed E-state index contributed by atoms with van der Waals surface area (Å²) in [7, 11) is 0. The van der Waals surface area contributed by atoms with Crippen molar-refractivity contribution in [1.82, 2.24) is 15.2 Å². The van der Waals surface area contributed by atoms with Crippen molar-refractivity contribution >= 4 is 23.1 Å². The summed E-state index contributed by atoms with van der Waals surface area (Å²) in [6.45, 7) is 5.76. The molecule has 0 aliphatic carbocycles. The highest BCUT2D eigenvalue weighted by molar-refractivity contribution is 7.80. The number of anilines is 1. The molecule has 1 fully saturated rings. The van der Waals surface area contributed by atoms with E-state index in [2.05, 4.69) is 22.1 Å². The lowest BCUT2D eigenvalue weighted by Gasteiger charge is -2.36. The minimum atomic E-state index is -4.35. The van der Waals surface area contributed by atoms with Gasteiger partial charge in [-0.05, 0) is 30.8 Å². The fourth-order valence-corrected chi connectivity index (χ4v) is 2.51. The number of alkyl halides is 3. The van der Waals surface area contributed by atoms with Gasteiger partial charge in [0.1, 0.15) is 5.82 Å². The molecule has 1 aliphatic heterocycles. The molecule has 8 heteroatoms. The molecular weight excluding hydrogens is 313 g/mol. The Morgan fingerprint density at radius 1 is 1.27 bits per heavy atom. The number of halogens is 3. The summed E-state index contributed by atoms with van der Waals surface area (Å²) in [5, 5.41) is 3.92. The summed E-state index contributed by atoms with van der Waals surface area (Å²) in [5.41, 5.74) is -0.722. The molecule has 0 aromatic carbocycles. The minimum Gasteiger partial charge on any atom is -0.363 e. The van der Waals surface area contributed by atoms with Gasteiger partial charge < -0.3 is 15.1 Å². The molecule has 0 atom stereocenters. The molecule has 1 aromatic heterocycles. The zero-order valence-corrected chi connectivity index (χ0v) is 13.2.